The second kappa shape index (κ2) is 5.23. The standard InChI is InChI=1S/C7H11O2S/c1-3-5-6-7(4-2)10(8)9/h3-4,6-7,10H,1-2,5H2. The van der Waals surface area contributed by atoms with Gasteiger partial charge >= 0.3 is 0 Å². The van der Waals surface area contributed by atoms with Crippen LogP contribution in [0.15, 0.2) is 25.3 Å². The molecule has 0 aromatic heterocycles. The molecule has 0 N–H and O–H groups in total. The first-order valence-electron chi connectivity index (χ1n) is 2.92. The zero-order chi connectivity index (χ0) is 7.98. The second-order valence-electron chi connectivity index (χ2n) is 1.77. The molecule has 0 aromatic rings. The van der Waals surface area contributed by atoms with Crippen molar-refractivity contribution in [1.29, 1.82) is 0 Å². The average Bonchev–Trinajstić information content (AvgIpc) is 1.89. The van der Waals surface area contributed by atoms with Gasteiger partial charge in [-0.1, -0.05) is 12.2 Å². The lowest BCUT2D eigenvalue weighted by molar-refractivity contribution is 0.611. The molecule has 0 aliphatic heterocycles. The molecule has 0 saturated heterocycles. The van der Waals surface area contributed by atoms with Crippen LogP contribution in [-0.4, -0.2) is 13.7 Å². The van der Waals surface area contributed by atoms with Gasteiger partial charge in [-0.05, 0) is 12.8 Å². The summed E-state index contributed by atoms with van der Waals surface area (Å²) >= 11 is 0. The lowest BCUT2D eigenvalue weighted by Crippen LogP contribution is -2.05. The van der Waals surface area contributed by atoms with Gasteiger partial charge in [-0.3, -0.25) is 0 Å². The summed E-state index contributed by atoms with van der Waals surface area (Å²) in [6.45, 7) is 6.85. The molecule has 3 heteroatoms. The molecule has 0 bridgehead atoms. The van der Waals surface area contributed by atoms with Crippen LogP contribution in [0, 0.1) is 6.42 Å². The van der Waals surface area contributed by atoms with Crippen LogP contribution in [0.3, 0.4) is 0 Å². The Labute approximate surface area is 63.2 Å². The van der Waals surface area contributed by atoms with Gasteiger partial charge in [-0.15, -0.1) is 13.2 Å². The average molecular weight is 159 g/mol. The molecule has 0 aliphatic rings. The zero-order valence-corrected chi connectivity index (χ0v) is 6.59. The van der Waals surface area contributed by atoms with Gasteiger partial charge in [0.25, 0.3) is 0 Å². The first-order chi connectivity index (χ1) is 4.72. The molecule has 10 heavy (non-hydrogen) atoms. The molecule has 0 saturated carbocycles. The van der Waals surface area contributed by atoms with Crippen molar-refractivity contribution in [2.45, 2.75) is 11.7 Å². The third-order valence-electron chi connectivity index (χ3n) is 1.03. The maximum absolute atomic E-state index is 10.3. The highest BCUT2D eigenvalue weighted by atomic mass is 32.2. The highest BCUT2D eigenvalue weighted by Crippen LogP contribution is 2.00. The smallest absolute Gasteiger partial charge is 0.146 e. The van der Waals surface area contributed by atoms with Gasteiger partial charge in [0.05, 0.1) is 5.25 Å². The molecule has 2 nitrogen and oxygen atoms in total. The van der Waals surface area contributed by atoms with E-state index in [4.69, 9.17) is 0 Å². The molecular weight excluding hydrogens is 148 g/mol. The summed E-state index contributed by atoms with van der Waals surface area (Å²) in [5.41, 5.74) is 0. The molecular formula is C7H11O2S. The monoisotopic (exact) mass is 159 g/mol. The topological polar surface area (TPSA) is 34.1 Å². The van der Waals surface area contributed by atoms with E-state index >= 15 is 0 Å². The molecule has 1 radical (unpaired) electrons. The number of thiol groups is 1. The Kier molecular flexibility index (Phi) is 4.94. The van der Waals surface area contributed by atoms with Crippen molar-refractivity contribution in [3.8, 4) is 0 Å². The molecule has 0 aromatic carbocycles. The van der Waals surface area contributed by atoms with Gasteiger partial charge in [0, 0.05) is 0 Å². The van der Waals surface area contributed by atoms with Gasteiger partial charge in [0.2, 0.25) is 0 Å². The fraction of sp³-hybridized carbons (Fsp3) is 0.286. The number of hydrogen-bond acceptors (Lipinski definition) is 2. The molecule has 0 aliphatic carbocycles. The van der Waals surface area contributed by atoms with Crippen molar-refractivity contribution in [3.63, 3.8) is 0 Å². The van der Waals surface area contributed by atoms with Crippen LogP contribution in [0.25, 0.3) is 0 Å². The summed E-state index contributed by atoms with van der Waals surface area (Å²) in [6, 6.07) is 0. The Bertz CT molecular complexity index is 174. The first-order valence-corrected chi connectivity index (χ1v) is 4.17. The Morgan fingerprint density at radius 1 is 1.40 bits per heavy atom. The minimum absolute atomic E-state index is 0.506. The normalized spacial score (nSPS) is 12.9. The van der Waals surface area contributed by atoms with Crippen molar-refractivity contribution in [2.24, 2.45) is 0 Å². The van der Waals surface area contributed by atoms with Crippen molar-refractivity contribution >= 4 is 10.7 Å². The SMILES string of the molecule is C=CC[CH]C(C=C)[SH](=O)=O. The highest BCUT2D eigenvalue weighted by Gasteiger charge is 2.03. The van der Waals surface area contributed by atoms with Crippen molar-refractivity contribution < 1.29 is 8.42 Å². The van der Waals surface area contributed by atoms with E-state index in [0.29, 0.717) is 6.42 Å². The third-order valence-corrected chi connectivity index (χ3v) is 1.94. The van der Waals surface area contributed by atoms with Crippen LogP contribution in [0.1, 0.15) is 6.42 Å². The highest BCUT2D eigenvalue weighted by molar-refractivity contribution is 7.73. The van der Waals surface area contributed by atoms with Gasteiger partial charge in [0.15, 0.2) is 0 Å². The molecule has 1 atom stereocenters. The van der Waals surface area contributed by atoms with Crippen LogP contribution in [0.2, 0.25) is 0 Å². The third kappa shape index (κ3) is 3.45. The van der Waals surface area contributed by atoms with Crippen LogP contribution < -0.4 is 0 Å². The minimum atomic E-state index is -2.40. The fourth-order valence-corrected chi connectivity index (χ4v) is 0.970. The van der Waals surface area contributed by atoms with Gasteiger partial charge in [-0.25, -0.2) is 8.42 Å². The van der Waals surface area contributed by atoms with Crippen LogP contribution >= 0.6 is 0 Å². The number of hydrogen-bond donors (Lipinski definition) is 1. The summed E-state index contributed by atoms with van der Waals surface area (Å²) in [6.07, 6.45) is 5.29. The van der Waals surface area contributed by atoms with Gasteiger partial charge < -0.3 is 0 Å². The molecule has 0 rings (SSSR count). The molecule has 0 heterocycles. The maximum atomic E-state index is 10.3. The molecule has 1 unspecified atom stereocenters. The largest absolute Gasteiger partial charge is 0.231 e. The lowest BCUT2D eigenvalue weighted by Gasteiger charge is -1.98. The summed E-state index contributed by atoms with van der Waals surface area (Å²) in [7, 11) is -2.40. The lowest BCUT2D eigenvalue weighted by atomic mass is 10.2. The van der Waals surface area contributed by atoms with Crippen molar-refractivity contribution in [2.75, 3.05) is 0 Å². The van der Waals surface area contributed by atoms with Crippen LogP contribution in [0.5, 0.6) is 0 Å². The summed E-state index contributed by atoms with van der Waals surface area (Å²) in [4.78, 5) is 0. The van der Waals surface area contributed by atoms with E-state index in [-0.39, 0.29) is 0 Å². The Hall–Kier alpha value is -0.570. The summed E-state index contributed by atoms with van der Waals surface area (Å²) in [5, 5.41) is -0.506. The van der Waals surface area contributed by atoms with Crippen LogP contribution in [-0.2, 0) is 10.7 Å². The first kappa shape index (κ1) is 9.43. The van der Waals surface area contributed by atoms with Crippen molar-refractivity contribution in [1.82, 2.24) is 0 Å². The van der Waals surface area contributed by atoms with E-state index in [9.17, 15) is 8.42 Å². The van der Waals surface area contributed by atoms with E-state index in [0.717, 1.165) is 0 Å². The Morgan fingerprint density at radius 3 is 2.30 bits per heavy atom. The zero-order valence-electron chi connectivity index (χ0n) is 5.69. The molecule has 0 fully saturated rings. The Balaban J connectivity index is 3.83. The van der Waals surface area contributed by atoms with Gasteiger partial charge in [0.1, 0.15) is 10.7 Å². The summed E-state index contributed by atoms with van der Waals surface area (Å²) < 4.78 is 20.7. The quantitative estimate of drug-likeness (QED) is 0.478. The minimum Gasteiger partial charge on any atom is -0.231 e. The predicted octanol–water partition coefficient (Wildman–Crippen LogP) is 0.933. The second-order valence-corrected chi connectivity index (χ2v) is 2.94. The summed E-state index contributed by atoms with van der Waals surface area (Å²) in [5.74, 6) is 0. The Morgan fingerprint density at radius 2 is 2.00 bits per heavy atom. The van der Waals surface area contributed by atoms with E-state index < -0.39 is 16.0 Å². The molecule has 0 amide bonds. The molecule has 57 valence electrons. The maximum Gasteiger partial charge on any atom is 0.146 e. The molecule has 0 spiro atoms. The predicted molar refractivity (Wildman–Crippen MR) is 43.4 cm³/mol. The van der Waals surface area contributed by atoms with Gasteiger partial charge in [-0.2, -0.15) is 0 Å². The number of allylic oxidation sites excluding steroid dienone is 1. The van der Waals surface area contributed by atoms with Crippen molar-refractivity contribution in [3.05, 3.63) is 31.7 Å². The fourth-order valence-electron chi connectivity index (χ4n) is 0.504. The number of rotatable bonds is 5. The van der Waals surface area contributed by atoms with E-state index in [1.54, 1.807) is 12.5 Å². The van der Waals surface area contributed by atoms with Crippen LogP contribution in [0.4, 0.5) is 0 Å². The van der Waals surface area contributed by atoms with E-state index in [1.807, 2.05) is 0 Å². The van der Waals surface area contributed by atoms with E-state index in [1.165, 1.54) is 6.08 Å². The van der Waals surface area contributed by atoms with E-state index in [2.05, 4.69) is 13.2 Å².